The first-order valence-electron chi connectivity index (χ1n) is 7.54. The van der Waals surface area contributed by atoms with Gasteiger partial charge >= 0.3 is 0 Å². The van der Waals surface area contributed by atoms with Gasteiger partial charge in [-0.15, -0.1) is 0 Å². The molecule has 1 atom stereocenters. The van der Waals surface area contributed by atoms with Crippen LogP contribution in [-0.4, -0.2) is 6.54 Å². The summed E-state index contributed by atoms with van der Waals surface area (Å²) < 4.78 is 0. The van der Waals surface area contributed by atoms with E-state index in [1.54, 1.807) is 0 Å². The number of rotatable bonds is 4. The molecule has 1 unspecified atom stereocenters. The van der Waals surface area contributed by atoms with Crippen LogP contribution < -0.4 is 5.32 Å². The van der Waals surface area contributed by atoms with Crippen molar-refractivity contribution >= 4 is 0 Å². The zero-order valence-electron chi connectivity index (χ0n) is 13.6. The zero-order chi connectivity index (χ0) is 14.4. The number of nitrogens with one attached hydrogen (secondary N) is 1. The van der Waals surface area contributed by atoms with Gasteiger partial charge in [-0.1, -0.05) is 52.8 Å². The van der Waals surface area contributed by atoms with Crippen LogP contribution in [0.1, 0.15) is 57.4 Å². The van der Waals surface area contributed by atoms with Crippen LogP contribution in [0.15, 0.2) is 18.2 Å². The van der Waals surface area contributed by atoms with Crippen LogP contribution in [-0.2, 0) is 0 Å². The van der Waals surface area contributed by atoms with E-state index in [1.165, 1.54) is 16.7 Å². The van der Waals surface area contributed by atoms with Crippen LogP contribution in [0.5, 0.6) is 0 Å². The van der Waals surface area contributed by atoms with Crippen molar-refractivity contribution in [3.63, 3.8) is 0 Å². The van der Waals surface area contributed by atoms with E-state index in [-0.39, 0.29) is 0 Å². The van der Waals surface area contributed by atoms with E-state index in [2.05, 4.69) is 72.0 Å². The van der Waals surface area contributed by atoms with Crippen molar-refractivity contribution in [3.8, 4) is 0 Å². The fourth-order valence-electron chi connectivity index (χ4n) is 3.69. The normalized spacial score (nSPS) is 22.3. The summed E-state index contributed by atoms with van der Waals surface area (Å²) in [5, 5.41) is 3.72. The number of hydrogen-bond acceptors (Lipinski definition) is 1. The Morgan fingerprint density at radius 3 is 2.05 bits per heavy atom. The first-order valence-corrected chi connectivity index (χ1v) is 7.54. The first kappa shape index (κ1) is 14.6. The van der Waals surface area contributed by atoms with Gasteiger partial charge in [0, 0.05) is 6.04 Å². The average molecular weight is 259 g/mol. The minimum absolute atomic E-state index is 0.415. The maximum atomic E-state index is 3.72. The van der Waals surface area contributed by atoms with E-state index in [0.29, 0.717) is 22.8 Å². The Labute approximate surface area is 118 Å². The Morgan fingerprint density at radius 1 is 1.05 bits per heavy atom. The lowest BCUT2D eigenvalue weighted by Crippen LogP contribution is -2.25. The SMILES string of the molecule is CCNC(c1ccc(C)c(C)c1)C1C(C)(C)C1(C)C. The maximum Gasteiger partial charge on any atom is 0.0359 e. The Morgan fingerprint density at radius 2 is 1.63 bits per heavy atom. The molecule has 1 aliphatic carbocycles. The lowest BCUT2D eigenvalue weighted by molar-refractivity contribution is 0.418. The van der Waals surface area contributed by atoms with Gasteiger partial charge < -0.3 is 5.32 Å². The van der Waals surface area contributed by atoms with E-state index < -0.39 is 0 Å². The van der Waals surface area contributed by atoms with Gasteiger partial charge in [-0.25, -0.2) is 0 Å². The van der Waals surface area contributed by atoms with Crippen LogP contribution in [0.3, 0.4) is 0 Å². The van der Waals surface area contributed by atoms with Crippen molar-refractivity contribution < 1.29 is 0 Å². The van der Waals surface area contributed by atoms with Crippen LogP contribution in [0.25, 0.3) is 0 Å². The van der Waals surface area contributed by atoms with Crippen LogP contribution >= 0.6 is 0 Å². The molecule has 2 rings (SSSR count). The molecule has 0 radical (unpaired) electrons. The van der Waals surface area contributed by atoms with E-state index in [1.807, 2.05) is 0 Å². The van der Waals surface area contributed by atoms with Gasteiger partial charge in [0.05, 0.1) is 0 Å². The summed E-state index contributed by atoms with van der Waals surface area (Å²) in [5.41, 5.74) is 5.07. The highest BCUT2D eigenvalue weighted by Gasteiger charge is 2.67. The third-order valence-corrected chi connectivity index (χ3v) is 5.78. The highest BCUT2D eigenvalue weighted by molar-refractivity contribution is 5.34. The summed E-state index contributed by atoms with van der Waals surface area (Å²) >= 11 is 0. The molecule has 0 aliphatic heterocycles. The van der Waals surface area contributed by atoms with Crippen LogP contribution in [0.4, 0.5) is 0 Å². The topological polar surface area (TPSA) is 12.0 Å². The zero-order valence-corrected chi connectivity index (χ0v) is 13.6. The molecule has 0 aromatic heterocycles. The van der Waals surface area contributed by atoms with Gasteiger partial charge in [0.15, 0.2) is 0 Å². The van der Waals surface area contributed by atoms with E-state index in [0.717, 1.165) is 6.54 Å². The van der Waals surface area contributed by atoms with Crippen LogP contribution in [0, 0.1) is 30.6 Å². The smallest absolute Gasteiger partial charge is 0.0359 e. The summed E-state index contributed by atoms with van der Waals surface area (Å²) in [6, 6.07) is 7.42. The minimum Gasteiger partial charge on any atom is -0.310 e. The number of hydrogen-bond donors (Lipinski definition) is 1. The van der Waals surface area contributed by atoms with E-state index in [9.17, 15) is 0 Å². The summed E-state index contributed by atoms with van der Waals surface area (Å²) in [6.07, 6.45) is 0. The van der Waals surface area contributed by atoms with Gasteiger partial charge in [0.25, 0.3) is 0 Å². The maximum absolute atomic E-state index is 3.72. The molecule has 19 heavy (non-hydrogen) atoms. The second kappa shape index (κ2) is 4.63. The van der Waals surface area contributed by atoms with Crippen molar-refractivity contribution in [2.24, 2.45) is 16.7 Å². The molecule has 1 aromatic rings. The largest absolute Gasteiger partial charge is 0.310 e. The van der Waals surface area contributed by atoms with Gasteiger partial charge in [-0.3, -0.25) is 0 Å². The van der Waals surface area contributed by atoms with Gasteiger partial charge in [0.1, 0.15) is 0 Å². The molecule has 1 aliphatic rings. The fraction of sp³-hybridized carbons (Fsp3) is 0.667. The van der Waals surface area contributed by atoms with Crippen LogP contribution in [0.2, 0.25) is 0 Å². The molecular formula is C18H29N. The molecule has 0 bridgehead atoms. The van der Waals surface area contributed by atoms with Crippen molar-refractivity contribution in [2.75, 3.05) is 6.54 Å². The summed E-state index contributed by atoms with van der Waals surface area (Å²) in [4.78, 5) is 0. The highest BCUT2D eigenvalue weighted by Crippen LogP contribution is 2.72. The Kier molecular flexibility index (Phi) is 3.55. The number of aryl methyl sites for hydroxylation is 2. The van der Waals surface area contributed by atoms with Crippen molar-refractivity contribution in [1.29, 1.82) is 0 Å². The lowest BCUT2D eigenvalue weighted by atomic mass is 9.94. The molecule has 1 N–H and O–H groups in total. The predicted octanol–water partition coefficient (Wildman–Crippen LogP) is 4.64. The third-order valence-electron chi connectivity index (χ3n) is 5.78. The highest BCUT2D eigenvalue weighted by atomic mass is 15.0. The van der Waals surface area contributed by atoms with Gasteiger partial charge in [0.2, 0.25) is 0 Å². The lowest BCUT2D eigenvalue weighted by Gasteiger charge is -2.22. The van der Waals surface area contributed by atoms with Gasteiger partial charge in [-0.2, -0.15) is 0 Å². The Balaban J connectivity index is 2.34. The Bertz CT molecular complexity index is 457. The molecule has 1 aromatic carbocycles. The molecule has 0 saturated heterocycles. The second-order valence-corrected chi connectivity index (χ2v) is 7.30. The summed E-state index contributed by atoms with van der Waals surface area (Å²) in [6.45, 7) is 17.3. The monoisotopic (exact) mass is 259 g/mol. The average Bonchev–Trinajstić information content (AvgIpc) is 2.71. The first-order chi connectivity index (χ1) is 8.73. The molecule has 0 spiro atoms. The van der Waals surface area contributed by atoms with Gasteiger partial charge in [-0.05, 0) is 53.8 Å². The molecule has 106 valence electrons. The van der Waals surface area contributed by atoms with Crippen molar-refractivity contribution in [2.45, 2.75) is 54.5 Å². The molecule has 0 amide bonds. The third kappa shape index (κ3) is 2.23. The fourth-order valence-corrected chi connectivity index (χ4v) is 3.69. The molecule has 1 nitrogen and oxygen atoms in total. The van der Waals surface area contributed by atoms with E-state index in [4.69, 9.17) is 0 Å². The molecule has 0 heterocycles. The van der Waals surface area contributed by atoms with Crippen molar-refractivity contribution in [1.82, 2.24) is 5.32 Å². The molecule has 1 heteroatoms. The molecular weight excluding hydrogens is 230 g/mol. The summed E-state index contributed by atoms with van der Waals surface area (Å²) in [5.74, 6) is 0.710. The standard InChI is InChI=1S/C18H29N/c1-8-19-15(16-17(4,5)18(16,6)7)14-10-9-12(2)13(3)11-14/h9-11,15-16,19H,8H2,1-7H3. The van der Waals surface area contributed by atoms with Crippen molar-refractivity contribution in [3.05, 3.63) is 34.9 Å². The number of benzene rings is 1. The predicted molar refractivity (Wildman–Crippen MR) is 83.4 cm³/mol. The molecule has 1 fully saturated rings. The Hall–Kier alpha value is -0.820. The summed E-state index contributed by atoms with van der Waals surface area (Å²) in [7, 11) is 0. The molecule has 1 saturated carbocycles. The van der Waals surface area contributed by atoms with E-state index >= 15 is 0 Å². The quantitative estimate of drug-likeness (QED) is 0.831. The minimum atomic E-state index is 0.415. The second-order valence-electron chi connectivity index (χ2n) is 7.30.